The van der Waals surface area contributed by atoms with Gasteiger partial charge in [-0.1, -0.05) is 23.7 Å². The number of aromatic nitrogens is 3. The van der Waals surface area contributed by atoms with Crippen LogP contribution in [0.15, 0.2) is 47.5 Å². The standard InChI is InChI=1S/C21H19ClN4O3/c1-11(21(27)28)18-20-25-24-12(2)26(20)17-9-8-15(29-3)10-16(17)19(23-18)13-4-6-14(22)7-5-13/h4-11,18H,1-3H3,(H,27,28)/t11?,18-/m0/s1. The van der Waals surface area contributed by atoms with Crippen molar-refractivity contribution in [1.29, 1.82) is 0 Å². The number of nitrogens with zero attached hydrogens (tertiary/aromatic N) is 4. The van der Waals surface area contributed by atoms with Gasteiger partial charge in [0.25, 0.3) is 0 Å². The van der Waals surface area contributed by atoms with Crippen molar-refractivity contribution in [1.82, 2.24) is 14.8 Å². The van der Waals surface area contributed by atoms with Crippen LogP contribution in [0.5, 0.6) is 5.75 Å². The average molecular weight is 411 g/mol. The molecule has 1 aromatic heterocycles. The lowest BCUT2D eigenvalue weighted by Crippen LogP contribution is -2.20. The highest BCUT2D eigenvalue weighted by molar-refractivity contribution is 6.30. The number of fused-ring (bicyclic) bond motifs is 3. The number of hydrogen-bond donors (Lipinski definition) is 1. The molecule has 1 aliphatic rings. The summed E-state index contributed by atoms with van der Waals surface area (Å²) in [6.45, 7) is 3.46. The van der Waals surface area contributed by atoms with Gasteiger partial charge >= 0.3 is 5.97 Å². The maximum atomic E-state index is 11.8. The first-order valence-corrected chi connectivity index (χ1v) is 9.45. The summed E-state index contributed by atoms with van der Waals surface area (Å²) < 4.78 is 7.29. The Hall–Kier alpha value is -3.19. The monoisotopic (exact) mass is 410 g/mol. The number of rotatable bonds is 4. The minimum absolute atomic E-state index is 0.493. The summed E-state index contributed by atoms with van der Waals surface area (Å²) in [4.78, 5) is 16.7. The van der Waals surface area contributed by atoms with Gasteiger partial charge in [0, 0.05) is 16.1 Å². The second kappa shape index (κ2) is 7.33. The van der Waals surface area contributed by atoms with Crippen molar-refractivity contribution in [3.8, 4) is 11.4 Å². The molecular weight excluding hydrogens is 392 g/mol. The molecule has 2 heterocycles. The van der Waals surface area contributed by atoms with Crippen molar-refractivity contribution in [3.63, 3.8) is 0 Å². The zero-order valence-electron chi connectivity index (χ0n) is 16.1. The highest BCUT2D eigenvalue weighted by atomic mass is 35.5. The molecule has 0 saturated heterocycles. The van der Waals surface area contributed by atoms with Crippen LogP contribution in [0.2, 0.25) is 5.02 Å². The van der Waals surface area contributed by atoms with Crippen molar-refractivity contribution < 1.29 is 14.6 Å². The van der Waals surface area contributed by atoms with Gasteiger partial charge in [0.15, 0.2) is 5.82 Å². The number of carboxylic acid groups (broad SMARTS) is 1. The van der Waals surface area contributed by atoms with Gasteiger partial charge in [-0.25, -0.2) is 0 Å². The number of aliphatic imine (C=N–C) groups is 1. The maximum absolute atomic E-state index is 11.8. The summed E-state index contributed by atoms with van der Waals surface area (Å²) >= 11 is 6.07. The molecule has 3 aromatic rings. The van der Waals surface area contributed by atoms with Crippen LogP contribution in [0.3, 0.4) is 0 Å². The van der Waals surface area contributed by atoms with Crippen molar-refractivity contribution in [2.75, 3.05) is 7.11 Å². The average Bonchev–Trinajstić information content (AvgIpc) is 3.02. The third-order valence-corrected chi connectivity index (χ3v) is 5.32. The van der Waals surface area contributed by atoms with Crippen LogP contribution >= 0.6 is 11.6 Å². The van der Waals surface area contributed by atoms with Gasteiger partial charge in [-0.2, -0.15) is 0 Å². The van der Waals surface area contributed by atoms with E-state index < -0.39 is 17.9 Å². The van der Waals surface area contributed by atoms with Crippen LogP contribution in [0, 0.1) is 12.8 Å². The van der Waals surface area contributed by atoms with Gasteiger partial charge in [0.2, 0.25) is 0 Å². The molecule has 2 atom stereocenters. The van der Waals surface area contributed by atoms with E-state index in [1.54, 1.807) is 26.2 Å². The van der Waals surface area contributed by atoms with Crippen molar-refractivity contribution >= 4 is 23.3 Å². The van der Waals surface area contributed by atoms with Crippen LogP contribution in [0.25, 0.3) is 5.69 Å². The molecule has 29 heavy (non-hydrogen) atoms. The Morgan fingerprint density at radius 2 is 1.93 bits per heavy atom. The maximum Gasteiger partial charge on any atom is 0.308 e. The van der Waals surface area contributed by atoms with Crippen LogP contribution < -0.4 is 4.74 Å². The Morgan fingerprint density at radius 1 is 1.21 bits per heavy atom. The summed E-state index contributed by atoms with van der Waals surface area (Å²) in [5, 5.41) is 18.8. The highest BCUT2D eigenvalue weighted by Crippen LogP contribution is 2.36. The smallest absolute Gasteiger partial charge is 0.308 e. The number of benzene rings is 2. The largest absolute Gasteiger partial charge is 0.497 e. The minimum atomic E-state index is -0.954. The van der Waals surface area contributed by atoms with Gasteiger partial charge in [-0.15, -0.1) is 10.2 Å². The van der Waals surface area contributed by atoms with E-state index >= 15 is 0 Å². The third-order valence-electron chi connectivity index (χ3n) is 5.06. The van der Waals surface area contributed by atoms with Crippen LogP contribution in [0.4, 0.5) is 0 Å². The number of hydrogen-bond acceptors (Lipinski definition) is 5. The normalized spacial score (nSPS) is 16.3. The molecule has 0 amide bonds. The van der Waals surface area contributed by atoms with Crippen molar-refractivity contribution in [3.05, 3.63) is 70.3 Å². The quantitative estimate of drug-likeness (QED) is 0.705. The third kappa shape index (κ3) is 3.27. The first-order chi connectivity index (χ1) is 13.9. The molecule has 0 fully saturated rings. The predicted molar refractivity (Wildman–Crippen MR) is 109 cm³/mol. The van der Waals surface area contributed by atoms with Crippen LogP contribution in [-0.2, 0) is 4.79 Å². The molecule has 1 N–H and O–H groups in total. The Labute approximate surface area is 172 Å². The van der Waals surface area contributed by atoms with Gasteiger partial charge in [-0.3, -0.25) is 14.4 Å². The molecule has 4 rings (SSSR count). The molecule has 0 spiro atoms. The number of carboxylic acids is 1. The Morgan fingerprint density at radius 3 is 2.59 bits per heavy atom. The molecule has 8 heteroatoms. The SMILES string of the molecule is COc1ccc2c(c1)C(c1ccc(Cl)cc1)=N[C@@H](C(C)C(=O)O)c1nnc(C)n1-2. The molecule has 0 bridgehead atoms. The van der Waals surface area contributed by atoms with E-state index in [0.717, 1.165) is 16.8 Å². The van der Waals surface area contributed by atoms with Crippen LogP contribution in [-0.4, -0.2) is 38.7 Å². The molecule has 0 aliphatic carbocycles. The Balaban J connectivity index is 2.05. The van der Waals surface area contributed by atoms with Crippen LogP contribution in [0.1, 0.15) is 35.7 Å². The summed E-state index contributed by atoms with van der Waals surface area (Å²) in [6.07, 6.45) is 0. The summed E-state index contributed by atoms with van der Waals surface area (Å²) in [6, 6.07) is 12.2. The molecule has 0 saturated carbocycles. The Kier molecular flexibility index (Phi) is 4.84. The summed E-state index contributed by atoms with van der Waals surface area (Å²) in [5.41, 5.74) is 3.09. The molecular formula is C21H19ClN4O3. The lowest BCUT2D eigenvalue weighted by molar-refractivity contribution is -0.141. The number of aliphatic carboxylic acids is 1. The first kappa shape index (κ1) is 19.1. The fourth-order valence-electron chi connectivity index (χ4n) is 3.47. The van der Waals surface area contributed by atoms with E-state index in [-0.39, 0.29) is 0 Å². The van der Waals surface area contributed by atoms with E-state index in [4.69, 9.17) is 21.3 Å². The fourth-order valence-corrected chi connectivity index (χ4v) is 3.60. The lowest BCUT2D eigenvalue weighted by Gasteiger charge is -2.16. The topological polar surface area (TPSA) is 89.6 Å². The van der Waals surface area contributed by atoms with E-state index in [0.29, 0.717) is 28.1 Å². The minimum Gasteiger partial charge on any atom is -0.497 e. The van der Waals surface area contributed by atoms with Gasteiger partial charge in [0.05, 0.1) is 24.4 Å². The fraction of sp³-hybridized carbons (Fsp3) is 0.238. The van der Waals surface area contributed by atoms with E-state index in [1.165, 1.54) is 0 Å². The second-order valence-corrected chi connectivity index (χ2v) is 7.32. The molecule has 148 valence electrons. The lowest BCUT2D eigenvalue weighted by atomic mass is 9.99. The Bertz CT molecular complexity index is 1120. The molecule has 1 unspecified atom stereocenters. The number of methoxy groups -OCH3 is 1. The number of aryl methyl sites for hydroxylation is 1. The number of carbonyl (C=O) groups is 1. The zero-order valence-corrected chi connectivity index (χ0v) is 16.9. The van der Waals surface area contributed by atoms with Crippen molar-refractivity contribution in [2.24, 2.45) is 10.9 Å². The van der Waals surface area contributed by atoms with E-state index in [9.17, 15) is 9.90 Å². The molecule has 1 aliphatic heterocycles. The first-order valence-electron chi connectivity index (χ1n) is 9.08. The van der Waals surface area contributed by atoms with E-state index in [1.807, 2.05) is 41.8 Å². The highest BCUT2D eigenvalue weighted by Gasteiger charge is 2.34. The van der Waals surface area contributed by atoms with Gasteiger partial charge < -0.3 is 9.84 Å². The molecule has 0 radical (unpaired) electrons. The summed E-state index contributed by atoms with van der Waals surface area (Å²) in [7, 11) is 1.60. The number of halogens is 1. The second-order valence-electron chi connectivity index (χ2n) is 6.88. The molecule has 7 nitrogen and oxygen atoms in total. The van der Waals surface area contributed by atoms with Crippen molar-refractivity contribution in [2.45, 2.75) is 19.9 Å². The molecule has 2 aromatic carbocycles. The van der Waals surface area contributed by atoms with E-state index in [2.05, 4.69) is 10.2 Å². The zero-order chi connectivity index (χ0) is 20.7. The predicted octanol–water partition coefficient (Wildman–Crippen LogP) is 3.85. The summed E-state index contributed by atoms with van der Waals surface area (Å²) in [5.74, 6) is 0.0672. The van der Waals surface area contributed by atoms with Gasteiger partial charge in [-0.05, 0) is 44.2 Å². The van der Waals surface area contributed by atoms with Gasteiger partial charge in [0.1, 0.15) is 17.6 Å². The number of ether oxygens (including phenoxy) is 1.